The molecule has 150 valence electrons. The van der Waals surface area contributed by atoms with Gasteiger partial charge in [-0.25, -0.2) is 23.2 Å². The van der Waals surface area contributed by atoms with Crippen molar-refractivity contribution in [2.75, 3.05) is 38.3 Å². The summed E-state index contributed by atoms with van der Waals surface area (Å²) in [5.74, 6) is 0.574. The van der Waals surface area contributed by atoms with Crippen molar-refractivity contribution in [2.45, 2.75) is 24.6 Å². The third-order valence-corrected chi connectivity index (χ3v) is 5.37. The molecular weight excluding hydrogens is 380 g/mol. The molecule has 0 atom stereocenters. The fraction of sp³-hybridized carbons (Fsp3) is 0.421. The van der Waals surface area contributed by atoms with Gasteiger partial charge in [-0.15, -0.1) is 0 Å². The van der Waals surface area contributed by atoms with Crippen LogP contribution in [0.4, 0.5) is 10.6 Å². The van der Waals surface area contributed by atoms with Crippen LogP contribution in [0.3, 0.4) is 0 Å². The molecule has 0 saturated heterocycles. The highest BCUT2D eigenvalue weighted by Crippen LogP contribution is 2.25. The quantitative estimate of drug-likeness (QED) is 0.716. The Bertz CT molecular complexity index is 961. The molecule has 0 radical (unpaired) electrons. The van der Waals surface area contributed by atoms with Gasteiger partial charge in [-0.05, 0) is 12.0 Å². The average Bonchev–Trinajstić information content (AvgIpc) is 2.88. The second-order valence-electron chi connectivity index (χ2n) is 6.95. The van der Waals surface area contributed by atoms with Crippen molar-refractivity contribution >= 4 is 21.7 Å². The van der Waals surface area contributed by atoms with Gasteiger partial charge in [0.15, 0.2) is 0 Å². The number of hydrogen-bond acceptors (Lipinski definition) is 7. The fourth-order valence-electron chi connectivity index (χ4n) is 3.09. The lowest BCUT2D eigenvalue weighted by atomic mass is 10.1. The van der Waals surface area contributed by atoms with Gasteiger partial charge in [-0.3, -0.25) is 0 Å². The van der Waals surface area contributed by atoms with Crippen LogP contribution in [-0.4, -0.2) is 62.8 Å². The second kappa shape index (κ2) is 8.14. The molecule has 0 bridgehead atoms. The van der Waals surface area contributed by atoms with E-state index in [-0.39, 0.29) is 17.9 Å². The van der Waals surface area contributed by atoms with Gasteiger partial charge in [0.05, 0.1) is 5.69 Å². The van der Waals surface area contributed by atoms with Crippen molar-refractivity contribution in [2.24, 2.45) is 0 Å². The molecule has 2 aromatic rings. The Morgan fingerprint density at radius 2 is 1.82 bits per heavy atom. The normalized spacial score (nSPS) is 14.2. The molecule has 1 aliphatic rings. The van der Waals surface area contributed by atoms with Crippen LogP contribution in [0.25, 0.3) is 0 Å². The molecular formula is C19H24N4O4S. The van der Waals surface area contributed by atoms with E-state index in [2.05, 4.69) is 9.97 Å². The van der Waals surface area contributed by atoms with Crippen molar-refractivity contribution in [1.29, 1.82) is 0 Å². The molecule has 0 aliphatic carbocycles. The first-order valence-electron chi connectivity index (χ1n) is 8.98. The van der Waals surface area contributed by atoms with Crippen molar-refractivity contribution in [1.82, 2.24) is 14.9 Å². The summed E-state index contributed by atoms with van der Waals surface area (Å²) in [4.78, 5) is 24.4. The van der Waals surface area contributed by atoms with E-state index in [1.54, 1.807) is 9.80 Å². The zero-order chi connectivity index (χ0) is 20.3. The van der Waals surface area contributed by atoms with E-state index >= 15 is 0 Å². The minimum Gasteiger partial charge on any atom is -0.445 e. The lowest BCUT2D eigenvalue weighted by Crippen LogP contribution is -2.33. The standard InChI is InChI=1S/C19H24N4O4S/c1-22(2)17-15-9-11-23(19(24)27-13-14-7-5-4-6-8-14)12-10-16(15)20-18(21-17)28(3,25)26/h4-8H,9-13H2,1-3H3. The van der Waals surface area contributed by atoms with Crippen LogP contribution in [-0.2, 0) is 34.0 Å². The molecule has 1 aliphatic heterocycles. The van der Waals surface area contributed by atoms with E-state index in [1.807, 2.05) is 44.4 Å². The van der Waals surface area contributed by atoms with Crippen LogP contribution in [0.15, 0.2) is 35.5 Å². The molecule has 0 saturated carbocycles. The minimum atomic E-state index is -3.53. The Kier molecular flexibility index (Phi) is 5.83. The lowest BCUT2D eigenvalue weighted by Gasteiger charge is -2.20. The number of benzene rings is 1. The number of fused-ring (bicyclic) bond motifs is 1. The molecule has 0 N–H and O–H groups in total. The van der Waals surface area contributed by atoms with Crippen LogP contribution in [0.5, 0.6) is 0 Å². The highest BCUT2D eigenvalue weighted by atomic mass is 32.2. The van der Waals surface area contributed by atoms with Crippen LogP contribution < -0.4 is 4.90 Å². The van der Waals surface area contributed by atoms with E-state index in [1.165, 1.54) is 0 Å². The Balaban J connectivity index is 1.76. The van der Waals surface area contributed by atoms with Gasteiger partial charge in [0, 0.05) is 45.4 Å². The molecule has 0 unspecified atom stereocenters. The average molecular weight is 404 g/mol. The zero-order valence-electron chi connectivity index (χ0n) is 16.3. The molecule has 1 aromatic heterocycles. The van der Waals surface area contributed by atoms with Crippen molar-refractivity contribution in [3.63, 3.8) is 0 Å². The topological polar surface area (TPSA) is 92.7 Å². The van der Waals surface area contributed by atoms with E-state index in [9.17, 15) is 13.2 Å². The first-order valence-corrected chi connectivity index (χ1v) is 10.9. The van der Waals surface area contributed by atoms with Gasteiger partial charge in [-0.1, -0.05) is 30.3 Å². The number of hydrogen-bond donors (Lipinski definition) is 0. The fourth-order valence-corrected chi connectivity index (χ4v) is 3.61. The summed E-state index contributed by atoms with van der Waals surface area (Å²) in [5, 5.41) is -0.185. The molecule has 1 amide bonds. The van der Waals surface area contributed by atoms with E-state index in [0.717, 1.165) is 17.4 Å². The maximum atomic E-state index is 12.5. The first kappa shape index (κ1) is 20.1. The van der Waals surface area contributed by atoms with Gasteiger partial charge < -0.3 is 14.5 Å². The van der Waals surface area contributed by atoms with Gasteiger partial charge in [0.25, 0.3) is 0 Å². The lowest BCUT2D eigenvalue weighted by molar-refractivity contribution is 0.0977. The molecule has 3 rings (SSSR count). The van der Waals surface area contributed by atoms with Gasteiger partial charge in [-0.2, -0.15) is 0 Å². The Morgan fingerprint density at radius 1 is 1.14 bits per heavy atom. The number of rotatable bonds is 4. The number of sulfone groups is 1. The molecule has 2 heterocycles. The number of ether oxygens (including phenoxy) is 1. The molecule has 0 fully saturated rings. The predicted molar refractivity (Wildman–Crippen MR) is 105 cm³/mol. The van der Waals surface area contributed by atoms with E-state index in [0.29, 0.717) is 37.4 Å². The monoisotopic (exact) mass is 404 g/mol. The first-order chi connectivity index (χ1) is 13.3. The van der Waals surface area contributed by atoms with Crippen LogP contribution >= 0.6 is 0 Å². The summed E-state index contributed by atoms with van der Waals surface area (Å²) in [6, 6.07) is 9.50. The molecule has 28 heavy (non-hydrogen) atoms. The summed E-state index contributed by atoms with van der Waals surface area (Å²) in [7, 11) is 0.0945. The number of aromatic nitrogens is 2. The van der Waals surface area contributed by atoms with E-state index < -0.39 is 9.84 Å². The molecule has 1 aromatic carbocycles. The minimum absolute atomic E-state index is 0.185. The summed E-state index contributed by atoms with van der Waals surface area (Å²) in [6.45, 7) is 1.08. The Labute approximate surface area is 165 Å². The third-order valence-electron chi connectivity index (χ3n) is 4.52. The number of carbonyl (C=O) groups is 1. The predicted octanol–water partition coefficient (Wildman–Crippen LogP) is 1.68. The van der Waals surface area contributed by atoms with Crippen molar-refractivity contribution in [3.05, 3.63) is 47.2 Å². The van der Waals surface area contributed by atoms with Crippen molar-refractivity contribution < 1.29 is 17.9 Å². The van der Waals surface area contributed by atoms with Crippen LogP contribution in [0, 0.1) is 0 Å². The maximum Gasteiger partial charge on any atom is 0.410 e. The van der Waals surface area contributed by atoms with Crippen LogP contribution in [0.1, 0.15) is 16.8 Å². The summed E-state index contributed by atoms with van der Waals surface area (Å²) < 4.78 is 29.3. The Morgan fingerprint density at radius 3 is 2.46 bits per heavy atom. The number of carbonyl (C=O) groups excluding carboxylic acids is 1. The highest BCUT2D eigenvalue weighted by molar-refractivity contribution is 7.90. The number of anilines is 1. The summed E-state index contributed by atoms with van der Waals surface area (Å²) in [5.41, 5.74) is 2.46. The molecule has 8 nitrogen and oxygen atoms in total. The zero-order valence-corrected chi connectivity index (χ0v) is 17.1. The number of nitrogens with zero attached hydrogens (tertiary/aromatic N) is 4. The van der Waals surface area contributed by atoms with Crippen LogP contribution in [0.2, 0.25) is 0 Å². The van der Waals surface area contributed by atoms with Gasteiger partial charge >= 0.3 is 6.09 Å². The number of amides is 1. The summed E-state index contributed by atoms with van der Waals surface area (Å²) in [6.07, 6.45) is 1.69. The Hall–Kier alpha value is -2.68. The third kappa shape index (κ3) is 4.59. The SMILES string of the molecule is CN(C)c1nc(S(C)(=O)=O)nc2c1CCN(C(=O)OCc1ccccc1)CC2. The maximum absolute atomic E-state index is 12.5. The van der Waals surface area contributed by atoms with E-state index in [4.69, 9.17) is 4.74 Å². The second-order valence-corrected chi connectivity index (χ2v) is 8.86. The highest BCUT2D eigenvalue weighted by Gasteiger charge is 2.26. The van der Waals surface area contributed by atoms with Gasteiger partial charge in [0.1, 0.15) is 12.4 Å². The van der Waals surface area contributed by atoms with Crippen molar-refractivity contribution in [3.8, 4) is 0 Å². The molecule has 0 spiro atoms. The molecule has 9 heteroatoms. The largest absolute Gasteiger partial charge is 0.445 e. The smallest absolute Gasteiger partial charge is 0.410 e. The summed E-state index contributed by atoms with van der Waals surface area (Å²) >= 11 is 0. The van der Waals surface area contributed by atoms with Gasteiger partial charge in [0.2, 0.25) is 15.0 Å².